The van der Waals surface area contributed by atoms with Gasteiger partial charge in [0.15, 0.2) is 0 Å². The summed E-state index contributed by atoms with van der Waals surface area (Å²) >= 11 is 0.993. The van der Waals surface area contributed by atoms with Gasteiger partial charge in [0.1, 0.15) is 21.6 Å². The number of para-hydroxylation sites is 1. The predicted octanol–water partition coefficient (Wildman–Crippen LogP) is 3.88. The van der Waals surface area contributed by atoms with Crippen molar-refractivity contribution in [1.82, 2.24) is 0 Å². The molecule has 0 atom stereocenters. The highest BCUT2D eigenvalue weighted by Gasteiger charge is 2.26. The standard InChI is InChI=1S/C14H9ClO5S2/c1-19-14(16)13-12(22(15,17)18)6-11(21-13)9-7-20-10-5-3-2-4-8(9)10/h2-7H,1H3. The topological polar surface area (TPSA) is 73.6 Å². The fourth-order valence-electron chi connectivity index (χ4n) is 2.09. The summed E-state index contributed by atoms with van der Waals surface area (Å²) in [6.07, 6.45) is 1.52. The fourth-order valence-corrected chi connectivity index (χ4v) is 4.68. The van der Waals surface area contributed by atoms with E-state index in [1.54, 1.807) is 6.07 Å². The SMILES string of the molecule is COC(=O)c1sc(-c2coc3ccccc23)cc1S(=O)(=O)Cl. The van der Waals surface area contributed by atoms with Crippen LogP contribution < -0.4 is 0 Å². The molecule has 8 heteroatoms. The lowest BCUT2D eigenvalue weighted by Gasteiger charge is -1.97. The van der Waals surface area contributed by atoms with Crippen molar-refractivity contribution in [3.63, 3.8) is 0 Å². The second-order valence-electron chi connectivity index (χ2n) is 4.38. The average Bonchev–Trinajstić information content (AvgIpc) is 3.09. The number of ether oxygens (including phenoxy) is 1. The third-order valence-electron chi connectivity index (χ3n) is 3.08. The number of hydrogen-bond acceptors (Lipinski definition) is 6. The van der Waals surface area contributed by atoms with Crippen molar-refractivity contribution >= 4 is 48.0 Å². The lowest BCUT2D eigenvalue weighted by Crippen LogP contribution is -2.03. The van der Waals surface area contributed by atoms with E-state index < -0.39 is 15.0 Å². The van der Waals surface area contributed by atoms with Crippen LogP contribution in [-0.2, 0) is 13.8 Å². The summed E-state index contributed by atoms with van der Waals surface area (Å²) in [5.41, 5.74) is 1.36. The number of carbonyl (C=O) groups excluding carboxylic acids is 1. The third kappa shape index (κ3) is 2.51. The zero-order valence-corrected chi connectivity index (χ0v) is 13.6. The minimum atomic E-state index is -4.06. The molecule has 2 aromatic heterocycles. The third-order valence-corrected chi connectivity index (χ3v) is 5.70. The molecule has 2 heterocycles. The Morgan fingerprint density at radius 2 is 2.05 bits per heavy atom. The summed E-state index contributed by atoms with van der Waals surface area (Å²) in [6.45, 7) is 0. The molecule has 0 bridgehead atoms. The van der Waals surface area contributed by atoms with Gasteiger partial charge in [-0.05, 0) is 12.1 Å². The van der Waals surface area contributed by atoms with Gasteiger partial charge in [-0.2, -0.15) is 0 Å². The Morgan fingerprint density at radius 1 is 1.32 bits per heavy atom. The van der Waals surface area contributed by atoms with Crippen molar-refractivity contribution in [2.24, 2.45) is 0 Å². The van der Waals surface area contributed by atoms with Gasteiger partial charge >= 0.3 is 5.97 Å². The Balaban J connectivity index is 2.25. The van der Waals surface area contributed by atoms with E-state index in [0.717, 1.165) is 16.7 Å². The average molecular weight is 357 g/mol. The Labute approximate surface area is 134 Å². The number of esters is 1. The Bertz CT molecular complexity index is 968. The van der Waals surface area contributed by atoms with Gasteiger partial charge in [-0.25, -0.2) is 13.2 Å². The molecule has 22 heavy (non-hydrogen) atoms. The van der Waals surface area contributed by atoms with Crippen molar-refractivity contribution in [2.75, 3.05) is 7.11 Å². The van der Waals surface area contributed by atoms with Crippen LogP contribution in [0.4, 0.5) is 0 Å². The first-order valence-corrected chi connectivity index (χ1v) is 9.18. The molecule has 0 fully saturated rings. The summed E-state index contributed by atoms with van der Waals surface area (Å²) in [4.78, 5) is 12.0. The fraction of sp³-hybridized carbons (Fsp3) is 0.0714. The largest absolute Gasteiger partial charge is 0.465 e. The van der Waals surface area contributed by atoms with Crippen molar-refractivity contribution in [1.29, 1.82) is 0 Å². The smallest absolute Gasteiger partial charge is 0.349 e. The molecule has 114 valence electrons. The molecule has 0 aliphatic rings. The number of hydrogen-bond donors (Lipinski definition) is 0. The number of rotatable bonds is 3. The van der Waals surface area contributed by atoms with Crippen LogP contribution in [0, 0.1) is 0 Å². The molecule has 0 saturated carbocycles. The molecular formula is C14H9ClO5S2. The van der Waals surface area contributed by atoms with Crippen LogP contribution in [0.1, 0.15) is 9.67 Å². The van der Waals surface area contributed by atoms with E-state index in [1.807, 2.05) is 18.2 Å². The molecule has 0 radical (unpaired) electrons. The zero-order chi connectivity index (χ0) is 15.9. The van der Waals surface area contributed by atoms with Crippen LogP contribution in [-0.4, -0.2) is 21.5 Å². The molecule has 0 aliphatic heterocycles. The van der Waals surface area contributed by atoms with Crippen LogP contribution in [0.3, 0.4) is 0 Å². The predicted molar refractivity (Wildman–Crippen MR) is 83.9 cm³/mol. The Kier molecular flexibility index (Phi) is 3.72. The number of methoxy groups -OCH3 is 1. The number of carbonyl (C=O) groups is 1. The van der Waals surface area contributed by atoms with Crippen LogP contribution in [0.2, 0.25) is 0 Å². The lowest BCUT2D eigenvalue weighted by atomic mass is 10.1. The van der Waals surface area contributed by atoms with E-state index in [-0.39, 0.29) is 9.77 Å². The highest BCUT2D eigenvalue weighted by molar-refractivity contribution is 8.14. The van der Waals surface area contributed by atoms with Crippen LogP contribution in [0.15, 0.2) is 45.9 Å². The van der Waals surface area contributed by atoms with Gasteiger partial charge in [0, 0.05) is 26.5 Å². The number of halogens is 1. The van der Waals surface area contributed by atoms with Gasteiger partial charge in [0.25, 0.3) is 9.05 Å². The van der Waals surface area contributed by atoms with Gasteiger partial charge in [-0.3, -0.25) is 0 Å². The monoisotopic (exact) mass is 356 g/mol. The minimum Gasteiger partial charge on any atom is -0.465 e. The molecule has 0 amide bonds. The van der Waals surface area contributed by atoms with Gasteiger partial charge in [0.05, 0.1) is 7.11 Å². The first-order valence-electron chi connectivity index (χ1n) is 6.05. The van der Waals surface area contributed by atoms with Crippen molar-refractivity contribution < 1.29 is 22.4 Å². The second-order valence-corrected chi connectivity index (χ2v) is 7.97. The quantitative estimate of drug-likeness (QED) is 0.526. The Morgan fingerprint density at radius 3 is 2.73 bits per heavy atom. The van der Waals surface area contributed by atoms with Crippen LogP contribution in [0.25, 0.3) is 21.4 Å². The minimum absolute atomic E-state index is 0.0576. The summed E-state index contributed by atoms with van der Waals surface area (Å²) in [6, 6.07) is 8.68. The van der Waals surface area contributed by atoms with Crippen molar-refractivity contribution in [2.45, 2.75) is 4.90 Å². The molecule has 0 unspecified atom stereocenters. The van der Waals surface area contributed by atoms with Crippen molar-refractivity contribution in [3.8, 4) is 10.4 Å². The lowest BCUT2D eigenvalue weighted by molar-refractivity contribution is 0.0602. The summed E-state index contributed by atoms with van der Waals surface area (Å²) in [5.74, 6) is -0.747. The second kappa shape index (κ2) is 5.42. The molecule has 1 aromatic carbocycles. The maximum atomic E-state index is 11.8. The maximum absolute atomic E-state index is 11.8. The molecule has 5 nitrogen and oxygen atoms in total. The molecular weight excluding hydrogens is 348 g/mol. The number of thiophene rings is 1. The van der Waals surface area contributed by atoms with Crippen LogP contribution in [0.5, 0.6) is 0 Å². The number of furan rings is 1. The number of benzene rings is 1. The zero-order valence-electron chi connectivity index (χ0n) is 11.2. The first-order chi connectivity index (χ1) is 10.4. The van der Waals surface area contributed by atoms with Crippen molar-refractivity contribution in [3.05, 3.63) is 41.5 Å². The normalized spacial score (nSPS) is 11.7. The molecule has 0 aliphatic carbocycles. The highest BCUT2D eigenvalue weighted by Crippen LogP contribution is 2.39. The maximum Gasteiger partial charge on any atom is 0.349 e. The molecule has 0 spiro atoms. The summed E-state index contributed by atoms with van der Waals surface area (Å²) in [5, 5.41) is 0.818. The molecule has 0 saturated heterocycles. The molecule has 0 N–H and O–H groups in total. The first kappa shape index (κ1) is 15.1. The van der Waals surface area contributed by atoms with Crippen LogP contribution >= 0.6 is 22.0 Å². The van der Waals surface area contributed by atoms with Gasteiger partial charge in [-0.1, -0.05) is 18.2 Å². The van der Waals surface area contributed by atoms with Gasteiger partial charge < -0.3 is 9.15 Å². The van der Waals surface area contributed by atoms with E-state index in [9.17, 15) is 13.2 Å². The number of fused-ring (bicyclic) bond motifs is 1. The van der Waals surface area contributed by atoms with E-state index in [4.69, 9.17) is 15.1 Å². The Hall–Kier alpha value is -1.83. The highest BCUT2D eigenvalue weighted by atomic mass is 35.7. The summed E-state index contributed by atoms with van der Waals surface area (Å²) in [7, 11) is 2.52. The van der Waals surface area contributed by atoms with Gasteiger partial charge in [-0.15, -0.1) is 11.3 Å². The molecule has 3 rings (SSSR count). The van der Waals surface area contributed by atoms with E-state index in [0.29, 0.717) is 16.0 Å². The summed E-state index contributed by atoms with van der Waals surface area (Å²) < 4.78 is 33.4. The van der Waals surface area contributed by atoms with E-state index in [1.165, 1.54) is 19.4 Å². The van der Waals surface area contributed by atoms with E-state index >= 15 is 0 Å². The van der Waals surface area contributed by atoms with Gasteiger partial charge in [0.2, 0.25) is 0 Å². The molecule has 3 aromatic rings. The van der Waals surface area contributed by atoms with E-state index in [2.05, 4.69) is 4.74 Å².